The summed E-state index contributed by atoms with van der Waals surface area (Å²) in [4.78, 5) is 2.88. The van der Waals surface area contributed by atoms with Gasteiger partial charge in [-0.3, -0.25) is 0 Å². The minimum Gasteiger partial charge on any atom is -0.303 e. The van der Waals surface area contributed by atoms with Gasteiger partial charge in [0.25, 0.3) is 0 Å². The smallest absolute Gasteiger partial charge is 0.000966 e. The van der Waals surface area contributed by atoms with E-state index < -0.39 is 0 Å². The predicted molar refractivity (Wildman–Crippen MR) is 156 cm³/mol. The van der Waals surface area contributed by atoms with Gasteiger partial charge in [-0.15, -0.1) is 0 Å². The third-order valence-corrected chi connectivity index (χ3v) is 8.75. The molecule has 1 saturated heterocycles. The minimum atomic E-state index is 0.968. The molecule has 1 fully saturated rings. The van der Waals surface area contributed by atoms with Gasteiger partial charge in [-0.1, -0.05) is 143 Å². The van der Waals surface area contributed by atoms with E-state index in [0.29, 0.717) is 0 Å². The van der Waals surface area contributed by atoms with Crippen LogP contribution in [-0.2, 0) is 0 Å². The fourth-order valence-electron chi connectivity index (χ4n) is 6.39. The van der Waals surface area contributed by atoms with Crippen molar-refractivity contribution in [1.29, 1.82) is 0 Å². The third kappa shape index (κ3) is 17.4. The first-order chi connectivity index (χ1) is 16.7. The van der Waals surface area contributed by atoms with E-state index in [9.17, 15) is 0 Å². The molecule has 204 valence electrons. The van der Waals surface area contributed by atoms with Crippen molar-refractivity contribution in [1.82, 2.24) is 4.90 Å². The number of hydrogen-bond donors (Lipinski definition) is 0. The lowest BCUT2D eigenvalue weighted by molar-refractivity contribution is 0.136. The van der Waals surface area contributed by atoms with Crippen LogP contribution in [0.4, 0.5) is 0 Å². The highest BCUT2D eigenvalue weighted by atomic mass is 15.1. The van der Waals surface area contributed by atoms with Gasteiger partial charge in [0, 0.05) is 6.54 Å². The van der Waals surface area contributed by atoms with E-state index in [-0.39, 0.29) is 0 Å². The van der Waals surface area contributed by atoms with Crippen molar-refractivity contribution in [2.75, 3.05) is 19.6 Å². The molecule has 0 saturated carbocycles. The molecule has 1 nitrogen and oxygen atoms in total. The number of likely N-dealkylation sites (tertiary alicyclic amines) is 1. The molecule has 0 N–H and O–H groups in total. The topological polar surface area (TPSA) is 3.24 Å². The maximum atomic E-state index is 2.88. The fraction of sp³-hybridized carbons (Fsp3) is 1.00. The molecule has 2 unspecified atom stereocenters. The Morgan fingerprint density at radius 2 is 0.882 bits per heavy atom. The van der Waals surface area contributed by atoms with Gasteiger partial charge in [-0.25, -0.2) is 0 Å². The van der Waals surface area contributed by atoms with E-state index in [2.05, 4.69) is 32.6 Å². The van der Waals surface area contributed by atoms with Gasteiger partial charge >= 0.3 is 0 Å². The number of nitrogens with zero attached hydrogens (tertiary/aromatic N) is 1. The number of hydrogen-bond acceptors (Lipinski definition) is 1. The lowest BCUT2D eigenvalue weighted by Gasteiger charge is -2.36. The van der Waals surface area contributed by atoms with Crippen molar-refractivity contribution in [3.63, 3.8) is 0 Å². The molecule has 1 rings (SSSR count). The van der Waals surface area contributed by atoms with Crippen LogP contribution in [-0.4, -0.2) is 24.5 Å². The van der Waals surface area contributed by atoms with Crippen LogP contribution in [0.1, 0.15) is 175 Å². The van der Waals surface area contributed by atoms with Gasteiger partial charge in [0.05, 0.1) is 0 Å². The van der Waals surface area contributed by atoms with E-state index in [1.165, 1.54) is 161 Å². The summed E-state index contributed by atoms with van der Waals surface area (Å²) in [6.45, 7) is 13.6. The SMILES string of the molecule is CCCCCCCC(CCCCCC)CN1CCC(CC(CCCCC)CCCCCC)CC1. The largest absolute Gasteiger partial charge is 0.303 e. The maximum absolute atomic E-state index is 2.88. The second kappa shape index (κ2) is 23.4. The van der Waals surface area contributed by atoms with Crippen molar-refractivity contribution in [2.45, 2.75) is 175 Å². The Bertz CT molecular complexity index is 397. The van der Waals surface area contributed by atoms with Crippen LogP contribution in [0.3, 0.4) is 0 Å². The molecule has 1 heteroatoms. The summed E-state index contributed by atoms with van der Waals surface area (Å²) >= 11 is 0. The van der Waals surface area contributed by atoms with Gasteiger partial charge in [0.1, 0.15) is 0 Å². The average molecular weight is 478 g/mol. The lowest BCUT2D eigenvalue weighted by atomic mass is 9.82. The molecule has 0 radical (unpaired) electrons. The molecule has 0 aromatic carbocycles. The fourth-order valence-corrected chi connectivity index (χ4v) is 6.39. The van der Waals surface area contributed by atoms with Crippen molar-refractivity contribution < 1.29 is 0 Å². The summed E-state index contributed by atoms with van der Waals surface area (Å²) < 4.78 is 0. The Labute approximate surface area is 217 Å². The molecule has 0 aromatic rings. The molecule has 34 heavy (non-hydrogen) atoms. The van der Waals surface area contributed by atoms with E-state index in [1.807, 2.05) is 0 Å². The lowest BCUT2D eigenvalue weighted by Crippen LogP contribution is -2.37. The molecule has 1 aliphatic heterocycles. The summed E-state index contributed by atoms with van der Waals surface area (Å²) in [6, 6.07) is 0. The zero-order valence-corrected chi connectivity index (χ0v) is 24.6. The monoisotopic (exact) mass is 478 g/mol. The van der Waals surface area contributed by atoms with E-state index >= 15 is 0 Å². The number of piperidine rings is 1. The van der Waals surface area contributed by atoms with Gasteiger partial charge in [0.2, 0.25) is 0 Å². The Morgan fingerprint density at radius 3 is 1.38 bits per heavy atom. The number of rotatable bonds is 24. The van der Waals surface area contributed by atoms with E-state index in [0.717, 1.165) is 17.8 Å². The normalized spacial score (nSPS) is 17.3. The highest BCUT2D eigenvalue weighted by molar-refractivity contribution is 4.77. The van der Waals surface area contributed by atoms with Crippen LogP contribution in [0.25, 0.3) is 0 Å². The van der Waals surface area contributed by atoms with Crippen molar-refractivity contribution in [3.05, 3.63) is 0 Å². The van der Waals surface area contributed by atoms with Crippen molar-refractivity contribution in [2.24, 2.45) is 17.8 Å². The van der Waals surface area contributed by atoms with Gasteiger partial charge in [-0.2, -0.15) is 0 Å². The zero-order chi connectivity index (χ0) is 24.7. The summed E-state index contributed by atoms with van der Waals surface area (Å²) in [5, 5.41) is 0. The Hall–Kier alpha value is -0.0400. The molecule has 0 bridgehead atoms. The zero-order valence-electron chi connectivity index (χ0n) is 24.6. The van der Waals surface area contributed by atoms with Crippen molar-refractivity contribution in [3.8, 4) is 0 Å². The summed E-state index contributed by atoms with van der Waals surface area (Å²) in [5.74, 6) is 3.01. The first-order valence-electron chi connectivity index (χ1n) is 16.5. The third-order valence-electron chi connectivity index (χ3n) is 8.75. The summed E-state index contributed by atoms with van der Waals surface area (Å²) in [7, 11) is 0. The van der Waals surface area contributed by atoms with Gasteiger partial charge in [-0.05, 0) is 62.9 Å². The molecule has 1 aliphatic rings. The highest BCUT2D eigenvalue weighted by Gasteiger charge is 2.24. The molecule has 2 atom stereocenters. The molecular weight excluding hydrogens is 410 g/mol. The highest BCUT2D eigenvalue weighted by Crippen LogP contribution is 2.31. The van der Waals surface area contributed by atoms with Crippen LogP contribution in [0.2, 0.25) is 0 Å². The Balaban J connectivity index is 2.39. The van der Waals surface area contributed by atoms with Gasteiger partial charge in [0.15, 0.2) is 0 Å². The second-order valence-corrected chi connectivity index (χ2v) is 12.1. The van der Waals surface area contributed by atoms with Crippen LogP contribution in [0, 0.1) is 17.8 Å². The van der Waals surface area contributed by atoms with E-state index in [4.69, 9.17) is 0 Å². The Kier molecular flexibility index (Phi) is 22.0. The molecule has 0 spiro atoms. The number of unbranched alkanes of at least 4 members (excludes halogenated alkanes) is 12. The molecule has 0 aromatic heterocycles. The quantitative estimate of drug-likeness (QED) is 0.125. The predicted octanol–water partition coefficient (Wildman–Crippen LogP) is 11.2. The molecule has 1 heterocycles. The van der Waals surface area contributed by atoms with E-state index in [1.54, 1.807) is 6.42 Å². The first kappa shape index (κ1) is 32.0. The Morgan fingerprint density at radius 1 is 0.500 bits per heavy atom. The standard InChI is InChI=1S/C33H67N/c1-5-9-13-16-20-24-33(23-19-15-11-7-3)30-34-27-25-32(26-28-34)29-31(21-17-12-8-4)22-18-14-10-6-2/h31-33H,5-30H2,1-4H3. The van der Waals surface area contributed by atoms with Crippen LogP contribution in [0.5, 0.6) is 0 Å². The van der Waals surface area contributed by atoms with Gasteiger partial charge < -0.3 is 4.90 Å². The maximum Gasteiger partial charge on any atom is 0.000966 e. The first-order valence-corrected chi connectivity index (χ1v) is 16.5. The molecular formula is C33H67N. The summed E-state index contributed by atoms with van der Waals surface area (Å²) in [5.41, 5.74) is 0. The minimum absolute atomic E-state index is 0.968. The molecule has 0 amide bonds. The second-order valence-electron chi connectivity index (χ2n) is 12.1. The summed E-state index contributed by atoms with van der Waals surface area (Å²) in [6.07, 6.45) is 33.6. The van der Waals surface area contributed by atoms with Crippen LogP contribution < -0.4 is 0 Å². The molecule has 0 aliphatic carbocycles. The van der Waals surface area contributed by atoms with Crippen LogP contribution >= 0.6 is 0 Å². The van der Waals surface area contributed by atoms with Crippen LogP contribution in [0.15, 0.2) is 0 Å². The average Bonchev–Trinajstić information content (AvgIpc) is 2.85. The van der Waals surface area contributed by atoms with Crippen molar-refractivity contribution >= 4 is 0 Å².